The van der Waals surface area contributed by atoms with E-state index < -0.39 is 18.1 Å². The Bertz CT molecular complexity index is 452. The molecule has 1 unspecified atom stereocenters. The number of hydrogen-bond acceptors (Lipinski definition) is 4. The summed E-state index contributed by atoms with van der Waals surface area (Å²) in [6, 6.07) is -2.34. The molecule has 0 saturated carbocycles. The molecule has 1 aromatic heterocycles. The average molecular weight is 234 g/mol. The van der Waals surface area contributed by atoms with E-state index in [0.717, 1.165) is 6.26 Å². The predicted octanol–water partition coefficient (Wildman–Crippen LogP) is 1.39. The molecule has 0 aromatic carbocycles. The van der Waals surface area contributed by atoms with Crippen molar-refractivity contribution in [2.45, 2.75) is 12.2 Å². The van der Waals surface area contributed by atoms with E-state index >= 15 is 0 Å². The van der Waals surface area contributed by atoms with Gasteiger partial charge in [-0.25, -0.2) is 0 Å². The van der Waals surface area contributed by atoms with Crippen molar-refractivity contribution in [1.29, 1.82) is 0 Å². The predicted molar refractivity (Wildman–Crippen MR) is 46.2 cm³/mol. The summed E-state index contributed by atoms with van der Waals surface area (Å²) >= 11 is 0. The highest BCUT2D eigenvalue weighted by Crippen LogP contribution is 2.35. The second-order valence-electron chi connectivity index (χ2n) is 3.11. The van der Waals surface area contributed by atoms with Gasteiger partial charge in [-0.05, 0) is 0 Å². The number of halogens is 3. The van der Waals surface area contributed by atoms with E-state index in [1.807, 2.05) is 10.6 Å². The van der Waals surface area contributed by atoms with Gasteiger partial charge in [0.05, 0.1) is 5.69 Å². The molecule has 0 aliphatic carbocycles. The summed E-state index contributed by atoms with van der Waals surface area (Å²) in [6.07, 6.45) is -3.47. The molecule has 1 aliphatic heterocycles. The van der Waals surface area contributed by atoms with E-state index in [4.69, 9.17) is 0 Å². The SMILES string of the molecule is O=Cc1occ2c1NC(=O)C(C(F)(F)F)N2. The molecule has 0 radical (unpaired) electrons. The fourth-order valence-corrected chi connectivity index (χ4v) is 1.34. The molecule has 16 heavy (non-hydrogen) atoms. The third-order valence-electron chi connectivity index (χ3n) is 2.06. The Balaban J connectivity index is 2.37. The Morgan fingerprint density at radius 3 is 2.69 bits per heavy atom. The Labute approximate surface area is 86.6 Å². The molecule has 0 spiro atoms. The highest BCUT2D eigenvalue weighted by atomic mass is 19.4. The van der Waals surface area contributed by atoms with Crippen LogP contribution in [0.2, 0.25) is 0 Å². The highest BCUT2D eigenvalue weighted by Gasteiger charge is 2.48. The molecule has 2 rings (SSSR count). The molecule has 5 nitrogen and oxygen atoms in total. The van der Waals surface area contributed by atoms with Crippen molar-refractivity contribution in [1.82, 2.24) is 0 Å². The molecular formula is C8H5F3N2O3. The molecule has 1 aliphatic rings. The van der Waals surface area contributed by atoms with Crippen LogP contribution in [0, 0.1) is 0 Å². The van der Waals surface area contributed by atoms with Gasteiger partial charge in [-0.3, -0.25) is 9.59 Å². The molecule has 1 amide bonds. The number of furan rings is 1. The molecule has 1 atom stereocenters. The summed E-state index contributed by atoms with van der Waals surface area (Å²) in [4.78, 5) is 21.5. The molecule has 0 bridgehead atoms. The second-order valence-corrected chi connectivity index (χ2v) is 3.11. The van der Waals surface area contributed by atoms with Gasteiger partial charge in [-0.2, -0.15) is 13.2 Å². The molecule has 1 aromatic rings. The van der Waals surface area contributed by atoms with Gasteiger partial charge in [-0.15, -0.1) is 0 Å². The average Bonchev–Trinajstić information content (AvgIpc) is 2.57. The zero-order valence-electron chi connectivity index (χ0n) is 7.59. The van der Waals surface area contributed by atoms with Gasteiger partial charge in [0.25, 0.3) is 5.91 Å². The van der Waals surface area contributed by atoms with E-state index in [1.54, 1.807) is 0 Å². The number of rotatable bonds is 1. The number of carbonyl (C=O) groups excluding carboxylic acids is 2. The zero-order valence-corrected chi connectivity index (χ0v) is 7.59. The number of alkyl halides is 3. The molecule has 2 heterocycles. The molecule has 0 saturated heterocycles. The maximum Gasteiger partial charge on any atom is 0.417 e. The van der Waals surface area contributed by atoms with Gasteiger partial charge in [0.2, 0.25) is 6.04 Å². The fourth-order valence-electron chi connectivity index (χ4n) is 1.34. The van der Waals surface area contributed by atoms with Crippen molar-refractivity contribution >= 4 is 23.6 Å². The third-order valence-corrected chi connectivity index (χ3v) is 2.06. The lowest BCUT2D eigenvalue weighted by Crippen LogP contribution is -2.48. The van der Waals surface area contributed by atoms with E-state index in [2.05, 4.69) is 4.42 Å². The number of carbonyl (C=O) groups is 2. The first-order valence-corrected chi connectivity index (χ1v) is 4.14. The van der Waals surface area contributed by atoms with Crippen LogP contribution in [-0.2, 0) is 4.79 Å². The Morgan fingerprint density at radius 1 is 1.44 bits per heavy atom. The minimum absolute atomic E-state index is 0.0657. The van der Waals surface area contributed by atoms with Crippen LogP contribution in [-0.4, -0.2) is 24.4 Å². The first-order chi connectivity index (χ1) is 7.43. The largest absolute Gasteiger partial charge is 0.457 e. The van der Waals surface area contributed by atoms with E-state index in [9.17, 15) is 22.8 Å². The van der Waals surface area contributed by atoms with Crippen molar-refractivity contribution in [2.75, 3.05) is 10.6 Å². The van der Waals surface area contributed by atoms with Crippen LogP contribution in [0.3, 0.4) is 0 Å². The lowest BCUT2D eigenvalue weighted by atomic mass is 10.2. The van der Waals surface area contributed by atoms with E-state index in [-0.39, 0.29) is 17.1 Å². The van der Waals surface area contributed by atoms with E-state index in [1.165, 1.54) is 0 Å². The molecule has 86 valence electrons. The van der Waals surface area contributed by atoms with Crippen molar-refractivity contribution < 1.29 is 27.2 Å². The van der Waals surface area contributed by atoms with Gasteiger partial charge < -0.3 is 15.1 Å². The summed E-state index contributed by atoms with van der Waals surface area (Å²) in [7, 11) is 0. The Morgan fingerprint density at radius 2 is 2.12 bits per heavy atom. The second kappa shape index (κ2) is 3.26. The number of nitrogens with one attached hydrogen (secondary N) is 2. The quantitative estimate of drug-likeness (QED) is 0.720. The fraction of sp³-hybridized carbons (Fsp3) is 0.250. The van der Waals surface area contributed by atoms with Gasteiger partial charge in [0.1, 0.15) is 12.0 Å². The summed E-state index contributed by atoms with van der Waals surface area (Å²) in [6.45, 7) is 0. The number of hydrogen-bond donors (Lipinski definition) is 2. The normalized spacial score (nSPS) is 19.7. The van der Waals surface area contributed by atoms with Crippen LogP contribution in [0.25, 0.3) is 0 Å². The maximum absolute atomic E-state index is 12.4. The van der Waals surface area contributed by atoms with Gasteiger partial charge in [0.15, 0.2) is 12.0 Å². The van der Waals surface area contributed by atoms with Crippen molar-refractivity contribution in [3.05, 3.63) is 12.0 Å². The molecule has 8 heteroatoms. The van der Waals surface area contributed by atoms with Gasteiger partial charge in [0, 0.05) is 0 Å². The number of fused-ring (bicyclic) bond motifs is 1. The molecular weight excluding hydrogens is 229 g/mol. The van der Waals surface area contributed by atoms with Crippen LogP contribution >= 0.6 is 0 Å². The van der Waals surface area contributed by atoms with Gasteiger partial charge >= 0.3 is 6.18 Å². The number of amides is 1. The van der Waals surface area contributed by atoms with Crippen LogP contribution in [0.15, 0.2) is 10.7 Å². The van der Waals surface area contributed by atoms with Crippen molar-refractivity contribution in [2.24, 2.45) is 0 Å². The van der Waals surface area contributed by atoms with Crippen LogP contribution in [0.5, 0.6) is 0 Å². The molecule has 0 fully saturated rings. The summed E-state index contributed by atoms with van der Waals surface area (Å²) in [5.41, 5.74) is -0.135. The van der Waals surface area contributed by atoms with E-state index in [0.29, 0.717) is 6.29 Å². The molecule has 2 N–H and O–H groups in total. The smallest absolute Gasteiger partial charge is 0.417 e. The lowest BCUT2D eigenvalue weighted by Gasteiger charge is -2.25. The first kappa shape index (κ1) is 10.5. The maximum atomic E-state index is 12.4. The highest BCUT2D eigenvalue weighted by molar-refractivity contribution is 6.06. The summed E-state index contributed by atoms with van der Waals surface area (Å²) in [5, 5.41) is 3.92. The number of anilines is 2. The first-order valence-electron chi connectivity index (χ1n) is 4.14. The topological polar surface area (TPSA) is 71.3 Å². The summed E-state index contributed by atoms with van der Waals surface area (Å²) < 4.78 is 41.7. The number of aldehydes is 1. The Hall–Kier alpha value is -1.99. The lowest BCUT2D eigenvalue weighted by molar-refractivity contribution is -0.156. The monoisotopic (exact) mass is 234 g/mol. The minimum Gasteiger partial charge on any atom is -0.457 e. The van der Waals surface area contributed by atoms with Crippen molar-refractivity contribution in [3.63, 3.8) is 0 Å². The zero-order chi connectivity index (χ0) is 11.9. The standard InChI is InChI=1S/C8H5F3N2O3/c9-8(10,11)6-7(15)13-5-3(12-6)2-16-4(5)1-14/h1-2,6,12H,(H,13,15). The van der Waals surface area contributed by atoms with Crippen LogP contribution < -0.4 is 10.6 Å². The van der Waals surface area contributed by atoms with Crippen molar-refractivity contribution in [3.8, 4) is 0 Å². The summed E-state index contributed by atoms with van der Waals surface area (Å²) in [5.74, 6) is -1.50. The Kier molecular flexibility index (Phi) is 2.14. The van der Waals surface area contributed by atoms with Crippen LogP contribution in [0.1, 0.15) is 10.6 Å². The third kappa shape index (κ3) is 1.51. The minimum atomic E-state index is -4.71. The van der Waals surface area contributed by atoms with Crippen LogP contribution in [0.4, 0.5) is 24.5 Å². The van der Waals surface area contributed by atoms with Gasteiger partial charge in [-0.1, -0.05) is 0 Å².